The van der Waals surface area contributed by atoms with E-state index in [0.29, 0.717) is 6.04 Å². The first-order valence-electron chi connectivity index (χ1n) is 7.28. The van der Waals surface area contributed by atoms with E-state index in [4.69, 9.17) is 0 Å². The molecule has 20 heavy (non-hydrogen) atoms. The topological polar surface area (TPSA) is 47.7 Å². The molecule has 1 atom stereocenters. The molecular formula is C15H25N5. The molecule has 2 heterocycles. The summed E-state index contributed by atoms with van der Waals surface area (Å²) in [6.45, 7) is 10.4. The smallest absolute Gasteiger partial charge is 0.0853 e. The van der Waals surface area contributed by atoms with Gasteiger partial charge in [0, 0.05) is 30.5 Å². The molecule has 5 nitrogen and oxygen atoms in total. The number of nitrogens with one attached hydrogen (secondary N) is 1. The number of aromatic nitrogens is 4. The van der Waals surface area contributed by atoms with Crippen LogP contribution in [0.2, 0.25) is 0 Å². The van der Waals surface area contributed by atoms with Crippen LogP contribution in [0.25, 0.3) is 0 Å². The van der Waals surface area contributed by atoms with Crippen molar-refractivity contribution < 1.29 is 0 Å². The standard InChI is InChI=1S/C15H25N5/c1-6-8-16-11(2)15-12(3)17-20(13(15)4)10-14-7-9-19(5)18-14/h7,9,11,16H,6,8,10H2,1-5H3. The highest BCUT2D eigenvalue weighted by Gasteiger charge is 2.17. The van der Waals surface area contributed by atoms with Crippen LogP contribution in [-0.4, -0.2) is 26.1 Å². The molecule has 0 spiro atoms. The summed E-state index contributed by atoms with van der Waals surface area (Å²) in [4.78, 5) is 0. The molecule has 0 amide bonds. The zero-order valence-electron chi connectivity index (χ0n) is 13.1. The van der Waals surface area contributed by atoms with E-state index in [1.165, 1.54) is 11.3 Å². The molecule has 1 N–H and O–H groups in total. The van der Waals surface area contributed by atoms with Crippen molar-refractivity contribution in [3.05, 3.63) is 34.9 Å². The van der Waals surface area contributed by atoms with Crippen molar-refractivity contribution in [3.8, 4) is 0 Å². The molecule has 110 valence electrons. The second-order valence-electron chi connectivity index (χ2n) is 5.40. The van der Waals surface area contributed by atoms with Gasteiger partial charge in [-0.05, 0) is 39.8 Å². The molecule has 5 heteroatoms. The lowest BCUT2D eigenvalue weighted by Gasteiger charge is -2.14. The predicted octanol–water partition coefficient (Wildman–Crippen LogP) is 2.34. The van der Waals surface area contributed by atoms with Crippen molar-refractivity contribution in [1.82, 2.24) is 24.9 Å². The monoisotopic (exact) mass is 275 g/mol. The highest BCUT2D eigenvalue weighted by molar-refractivity contribution is 5.28. The summed E-state index contributed by atoms with van der Waals surface area (Å²) in [7, 11) is 1.94. The molecule has 0 aromatic carbocycles. The molecule has 0 radical (unpaired) electrons. The van der Waals surface area contributed by atoms with E-state index < -0.39 is 0 Å². The van der Waals surface area contributed by atoms with Gasteiger partial charge in [-0.25, -0.2) is 0 Å². The number of rotatable bonds is 6. The average molecular weight is 275 g/mol. The van der Waals surface area contributed by atoms with Gasteiger partial charge in [0.2, 0.25) is 0 Å². The van der Waals surface area contributed by atoms with Crippen molar-refractivity contribution in [2.75, 3.05) is 6.54 Å². The zero-order chi connectivity index (χ0) is 14.7. The van der Waals surface area contributed by atoms with E-state index in [9.17, 15) is 0 Å². The molecule has 0 saturated heterocycles. The lowest BCUT2D eigenvalue weighted by molar-refractivity contribution is 0.563. The fourth-order valence-electron chi connectivity index (χ4n) is 2.66. The summed E-state index contributed by atoms with van der Waals surface area (Å²) in [6.07, 6.45) is 3.11. The minimum Gasteiger partial charge on any atom is -0.310 e. The van der Waals surface area contributed by atoms with E-state index in [-0.39, 0.29) is 0 Å². The Balaban J connectivity index is 2.19. The summed E-state index contributed by atoms with van der Waals surface area (Å²) < 4.78 is 3.88. The maximum Gasteiger partial charge on any atom is 0.0853 e. The molecule has 2 rings (SSSR count). The molecule has 0 saturated carbocycles. The Morgan fingerprint density at radius 2 is 2.05 bits per heavy atom. The highest BCUT2D eigenvalue weighted by Crippen LogP contribution is 2.21. The molecule has 0 bridgehead atoms. The molecular weight excluding hydrogens is 250 g/mol. The van der Waals surface area contributed by atoms with Gasteiger partial charge in [-0.15, -0.1) is 0 Å². The Kier molecular flexibility index (Phi) is 4.60. The van der Waals surface area contributed by atoms with Crippen LogP contribution in [0, 0.1) is 13.8 Å². The van der Waals surface area contributed by atoms with Gasteiger partial charge in [0.25, 0.3) is 0 Å². The van der Waals surface area contributed by atoms with Gasteiger partial charge in [0.05, 0.1) is 17.9 Å². The summed E-state index contributed by atoms with van der Waals surface area (Å²) >= 11 is 0. The molecule has 0 fully saturated rings. The van der Waals surface area contributed by atoms with Crippen LogP contribution in [0.5, 0.6) is 0 Å². The van der Waals surface area contributed by atoms with Crippen LogP contribution in [-0.2, 0) is 13.6 Å². The minimum absolute atomic E-state index is 0.340. The second-order valence-corrected chi connectivity index (χ2v) is 5.40. The van der Waals surface area contributed by atoms with Gasteiger partial charge >= 0.3 is 0 Å². The normalized spacial score (nSPS) is 12.8. The average Bonchev–Trinajstić information content (AvgIpc) is 2.92. The van der Waals surface area contributed by atoms with E-state index in [0.717, 1.165) is 30.9 Å². The minimum atomic E-state index is 0.340. The van der Waals surface area contributed by atoms with E-state index in [1.54, 1.807) is 0 Å². The van der Waals surface area contributed by atoms with Gasteiger partial charge in [-0.2, -0.15) is 10.2 Å². The molecule has 2 aromatic rings. The molecule has 0 aliphatic rings. The van der Waals surface area contributed by atoms with Crippen molar-refractivity contribution in [1.29, 1.82) is 0 Å². The summed E-state index contributed by atoms with van der Waals surface area (Å²) in [5.41, 5.74) is 4.69. The Morgan fingerprint density at radius 3 is 2.65 bits per heavy atom. The Hall–Kier alpha value is -1.62. The summed E-state index contributed by atoms with van der Waals surface area (Å²) in [6, 6.07) is 2.38. The summed E-state index contributed by atoms with van der Waals surface area (Å²) in [5.74, 6) is 0. The number of hydrogen-bond donors (Lipinski definition) is 1. The van der Waals surface area contributed by atoms with Gasteiger partial charge < -0.3 is 5.32 Å². The fraction of sp³-hybridized carbons (Fsp3) is 0.600. The molecule has 2 aromatic heterocycles. The van der Waals surface area contributed by atoms with E-state index >= 15 is 0 Å². The van der Waals surface area contributed by atoms with Gasteiger partial charge in [-0.3, -0.25) is 9.36 Å². The van der Waals surface area contributed by atoms with Gasteiger partial charge in [-0.1, -0.05) is 6.92 Å². The van der Waals surface area contributed by atoms with Crippen molar-refractivity contribution >= 4 is 0 Å². The first kappa shape index (κ1) is 14.8. The van der Waals surface area contributed by atoms with Crippen molar-refractivity contribution in [3.63, 3.8) is 0 Å². The second kappa shape index (κ2) is 6.22. The van der Waals surface area contributed by atoms with Gasteiger partial charge in [0.15, 0.2) is 0 Å². The quantitative estimate of drug-likeness (QED) is 0.880. The van der Waals surface area contributed by atoms with Crippen molar-refractivity contribution in [2.45, 2.75) is 46.7 Å². The van der Waals surface area contributed by atoms with Crippen molar-refractivity contribution in [2.24, 2.45) is 7.05 Å². The van der Waals surface area contributed by atoms with Crippen LogP contribution < -0.4 is 5.32 Å². The molecule has 0 aliphatic carbocycles. The zero-order valence-corrected chi connectivity index (χ0v) is 13.1. The van der Waals surface area contributed by atoms with Gasteiger partial charge in [0.1, 0.15) is 0 Å². The fourth-order valence-corrected chi connectivity index (χ4v) is 2.66. The Bertz CT molecular complexity index is 567. The Morgan fingerprint density at radius 1 is 1.30 bits per heavy atom. The number of hydrogen-bond acceptors (Lipinski definition) is 3. The number of nitrogens with zero attached hydrogens (tertiary/aromatic N) is 4. The van der Waals surface area contributed by atoms with E-state index in [1.807, 2.05) is 24.0 Å². The first-order chi connectivity index (χ1) is 9.52. The SMILES string of the molecule is CCCNC(C)c1c(C)nn(Cc2ccn(C)n2)c1C. The van der Waals surface area contributed by atoms with Crippen LogP contribution >= 0.6 is 0 Å². The van der Waals surface area contributed by atoms with Crippen LogP contribution in [0.1, 0.15) is 49.0 Å². The molecule has 1 unspecified atom stereocenters. The maximum absolute atomic E-state index is 4.67. The predicted molar refractivity (Wildman–Crippen MR) is 80.7 cm³/mol. The lowest BCUT2D eigenvalue weighted by atomic mass is 10.1. The summed E-state index contributed by atoms with van der Waals surface area (Å²) in [5, 5.41) is 12.6. The highest BCUT2D eigenvalue weighted by atomic mass is 15.3. The third kappa shape index (κ3) is 3.10. The number of aryl methyl sites for hydroxylation is 2. The third-order valence-electron chi connectivity index (χ3n) is 3.65. The van der Waals surface area contributed by atoms with Crippen LogP contribution in [0.15, 0.2) is 12.3 Å². The van der Waals surface area contributed by atoms with Crippen LogP contribution in [0.4, 0.5) is 0 Å². The van der Waals surface area contributed by atoms with E-state index in [2.05, 4.69) is 47.9 Å². The largest absolute Gasteiger partial charge is 0.310 e. The maximum atomic E-state index is 4.67. The first-order valence-corrected chi connectivity index (χ1v) is 7.28. The lowest BCUT2D eigenvalue weighted by Crippen LogP contribution is -2.20. The Labute approximate surface area is 121 Å². The van der Waals surface area contributed by atoms with Crippen LogP contribution in [0.3, 0.4) is 0 Å². The third-order valence-corrected chi connectivity index (χ3v) is 3.65. The molecule has 0 aliphatic heterocycles.